The molecule has 0 saturated heterocycles. The lowest BCUT2D eigenvalue weighted by Gasteiger charge is -2.31. The Labute approximate surface area is 102 Å². The van der Waals surface area contributed by atoms with Crippen LogP contribution in [0.25, 0.3) is 0 Å². The fourth-order valence-corrected chi connectivity index (χ4v) is 2.13. The molecule has 2 rings (SSSR count). The van der Waals surface area contributed by atoms with Crippen LogP contribution in [0.5, 0.6) is 5.75 Å². The highest BCUT2D eigenvalue weighted by atomic mass is 16.3. The molecule has 0 spiro atoms. The van der Waals surface area contributed by atoms with Crippen LogP contribution in [0.4, 0.5) is 0 Å². The molecule has 1 saturated carbocycles. The molecule has 0 unspecified atom stereocenters. The van der Waals surface area contributed by atoms with E-state index in [-0.39, 0.29) is 11.7 Å². The molecular weight excluding hydrogens is 214 g/mol. The summed E-state index contributed by atoms with van der Waals surface area (Å²) in [4.78, 5) is 14.1. The van der Waals surface area contributed by atoms with Crippen molar-refractivity contribution in [2.75, 3.05) is 13.1 Å². The van der Waals surface area contributed by atoms with Crippen molar-refractivity contribution >= 4 is 5.91 Å². The fraction of sp³-hybridized carbons (Fsp3) is 0.500. The van der Waals surface area contributed by atoms with Crippen LogP contribution in [0.1, 0.15) is 36.5 Å². The lowest BCUT2D eigenvalue weighted by atomic mass is 9.85. The molecule has 1 aromatic rings. The van der Waals surface area contributed by atoms with E-state index in [1.807, 2.05) is 11.8 Å². The van der Waals surface area contributed by atoms with E-state index in [2.05, 4.69) is 0 Å². The molecule has 0 radical (unpaired) electrons. The maximum atomic E-state index is 12.2. The topological polar surface area (TPSA) is 40.5 Å². The molecule has 0 heterocycles. The summed E-state index contributed by atoms with van der Waals surface area (Å²) in [5, 5.41) is 9.20. The minimum atomic E-state index is 0.0689. The van der Waals surface area contributed by atoms with E-state index in [4.69, 9.17) is 0 Å². The van der Waals surface area contributed by atoms with Gasteiger partial charge in [0.25, 0.3) is 5.91 Å². The Kier molecular flexibility index (Phi) is 3.67. The molecule has 3 heteroatoms. The van der Waals surface area contributed by atoms with Crippen LogP contribution in [0.15, 0.2) is 24.3 Å². The standard InChI is InChI=1S/C14H19NO2/c1-2-15(10-11-4-3-5-11)14(17)12-6-8-13(16)9-7-12/h6-9,11,16H,2-5,10H2,1H3. The molecule has 0 bridgehead atoms. The third kappa shape index (κ3) is 2.78. The van der Waals surface area contributed by atoms with Crippen molar-refractivity contribution in [2.45, 2.75) is 26.2 Å². The van der Waals surface area contributed by atoms with Crippen molar-refractivity contribution in [1.82, 2.24) is 4.90 Å². The Bertz CT molecular complexity index is 382. The minimum absolute atomic E-state index is 0.0689. The van der Waals surface area contributed by atoms with E-state index in [9.17, 15) is 9.90 Å². The van der Waals surface area contributed by atoms with Gasteiger partial charge in [-0.3, -0.25) is 4.79 Å². The third-order valence-corrected chi connectivity index (χ3v) is 3.49. The molecule has 92 valence electrons. The van der Waals surface area contributed by atoms with Crippen LogP contribution < -0.4 is 0 Å². The number of nitrogens with zero attached hydrogens (tertiary/aromatic N) is 1. The number of phenolic OH excluding ortho intramolecular Hbond substituents is 1. The van der Waals surface area contributed by atoms with Crippen LogP contribution in [-0.2, 0) is 0 Å². The van der Waals surface area contributed by atoms with Crippen molar-refractivity contribution in [1.29, 1.82) is 0 Å². The summed E-state index contributed by atoms with van der Waals surface area (Å²) < 4.78 is 0. The molecule has 1 aromatic carbocycles. The molecule has 3 nitrogen and oxygen atoms in total. The maximum absolute atomic E-state index is 12.2. The first kappa shape index (κ1) is 12.0. The van der Waals surface area contributed by atoms with Crippen LogP contribution in [0, 0.1) is 5.92 Å². The van der Waals surface area contributed by atoms with Crippen LogP contribution in [0.2, 0.25) is 0 Å². The number of aromatic hydroxyl groups is 1. The second-order valence-electron chi connectivity index (χ2n) is 4.69. The van der Waals surface area contributed by atoms with Gasteiger partial charge in [0.1, 0.15) is 5.75 Å². The van der Waals surface area contributed by atoms with Gasteiger partial charge in [0, 0.05) is 18.7 Å². The Hall–Kier alpha value is -1.51. The predicted octanol–water partition coefficient (Wildman–Crippen LogP) is 2.65. The number of phenols is 1. The lowest BCUT2D eigenvalue weighted by molar-refractivity contribution is 0.0706. The molecule has 17 heavy (non-hydrogen) atoms. The Morgan fingerprint density at radius 1 is 1.35 bits per heavy atom. The van der Waals surface area contributed by atoms with Crippen molar-refractivity contribution in [3.63, 3.8) is 0 Å². The number of amides is 1. The number of carbonyl (C=O) groups is 1. The highest BCUT2D eigenvalue weighted by molar-refractivity contribution is 5.94. The molecule has 0 aliphatic heterocycles. The van der Waals surface area contributed by atoms with Crippen LogP contribution in [0.3, 0.4) is 0 Å². The first-order chi connectivity index (χ1) is 8.20. The highest BCUT2D eigenvalue weighted by Gasteiger charge is 2.23. The fourth-order valence-electron chi connectivity index (χ4n) is 2.13. The van der Waals surface area contributed by atoms with Crippen LogP contribution >= 0.6 is 0 Å². The number of hydrogen-bond acceptors (Lipinski definition) is 2. The van der Waals surface area contributed by atoms with Crippen LogP contribution in [-0.4, -0.2) is 29.0 Å². The zero-order chi connectivity index (χ0) is 12.3. The molecule has 1 N–H and O–H groups in total. The minimum Gasteiger partial charge on any atom is -0.508 e. The van der Waals surface area contributed by atoms with Gasteiger partial charge in [-0.05, 0) is 49.9 Å². The Balaban J connectivity index is 2.02. The smallest absolute Gasteiger partial charge is 0.253 e. The van der Waals surface area contributed by atoms with E-state index in [1.165, 1.54) is 19.3 Å². The van der Waals surface area contributed by atoms with Gasteiger partial charge in [-0.2, -0.15) is 0 Å². The van der Waals surface area contributed by atoms with Gasteiger partial charge < -0.3 is 10.0 Å². The van der Waals surface area contributed by atoms with E-state index in [0.29, 0.717) is 11.5 Å². The summed E-state index contributed by atoms with van der Waals surface area (Å²) in [6.45, 7) is 3.63. The second-order valence-corrected chi connectivity index (χ2v) is 4.69. The monoisotopic (exact) mass is 233 g/mol. The maximum Gasteiger partial charge on any atom is 0.253 e. The molecule has 1 amide bonds. The number of carbonyl (C=O) groups excluding carboxylic acids is 1. The van der Waals surface area contributed by atoms with Crippen molar-refractivity contribution in [3.8, 4) is 5.75 Å². The molecule has 1 aliphatic rings. The van der Waals surface area contributed by atoms with E-state index in [0.717, 1.165) is 13.1 Å². The number of rotatable bonds is 4. The first-order valence-corrected chi connectivity index (χ1v) is 6.29. The summed E-state index contributed by atoms with van der Waals surface area (Å²) >= 11 is 0. The molecule has 1 aliphatic carbocycles. The average Bonchev–Trinajstić information content (AvgIpc) is 2.28. The highest BCUT2D eigenvalue weighted by Crippen LogP contribution is 2.27. The summed E-state index contributed by atoms with van der Waals surface area (Å²) in [6, 6.07) is 6.48. The van der Waals surface area contributed by atoms with Crippen molar-refractivity contribution in [3.05, 3.63) is 29.8 Å². The molecular formula is C14H19NO2. The zero-order valence-electron chi connectivity index (χ0n) is 10.2. The van der Waals surface area contributed by atoms with E-state index < -0.39 is 0 Å². The summed E-state index contributed by atoms with van der Waals surface area (Å²) in [6.07, 6.45) is 3.80. The SMILES string of the molecule is CCN(CC1CCC1)C(=O)c1ccc(O)cc1. The van der Waals surface area contributed by atoms with Gasteiger partial charge in [0.15, 0.2) is 0 Å². The number of hydrogen-bond donors (Lipinski definition) is 1. The summed E-state index contributed by atoms with van der Waals surface area (Å²) in [5.74, 6) is 0.957. The quantitative estimate of drug-likeness (QED) is 0.868. The van der Waals surface area contributed by atoms with Gasteiger partial charge in [0.2, 0.25) is 0 Å². The average molecular weight is 233 g/mol. The molecule has 0 atom stereocenters. The van der Waals surface area contributed by atoms with Gasteiger partial charge in [-0.25, -0.2) is 0 Å². The molecule has 1 fully saturated rings. The normalized spacial score (nSPS) is 15.4. The van der Waals surface area contributed by atoms with Gasteiger partial charge in [-0.15, -0.1) is 0 Å². The van der Waals surface area contributed by atoms with Crippen molar-refractivity contribution in [2.24, 2.45) is 5.92 Å². The number of benzene rings is 1. The van der Waals surface area contributed by atoms with Gasteiger partial charge in [0.05, 0.1) is 0 Å². The van der Waals surface area contributed by atoms with Gasteiger partial charge in [-0.1, -0.05) is 6.42 Å². The third-order valence-electron chi connectivity index (χ3n) is 3.49. The second kappa shape index (κ2) is 5.21. The van der Waals surface area contributed by atoms with E-state index >= 15 is 0 Å². The van der Waals surface area contributed by atoms with Crippen molar-refractivity contribution < 1.29 is 9.90 Å². The van der Waals surface area contributed by atoms with E-state index in [1.54, 1.807) is 24.3 Å². The largest absolute Gasteiger partial charge is 0.508 e. The summed E-state index contributed by atoms with van der Waals surface area (Å²) in [7, 11) is 0. The Morgan fingerprint density at radius 2 is 2.00 bits per heavy atom. The molecule has 0 aromatic heterocycles. The lowest BCUT2D eigenvalue weighted by Crippen LogP contribution is -2.37. The summed E-state index contributed by atoms with van der Waals surface area (Å²) in [5.41, 5.74) is 0.656. The Morgan fingerprint density at radius 3 is 2.47 bits per heavy atom. The predicted molar refractivity (Wildman–Crippen MR) is 67.0 cm³/mol. The zero-order valence-corrected chi connectivity index (χ0v) is 10.2. The first-order valence-electron chi connectivity index (χ1n) is 6.29. The van der Waals surface area contributed by atoms with Gasteiger partial charge >= 0.3 is 0 Å².